The van der Waals surface area contributed by atoms with Crippen molar-refractivity contribution in [3.05, 3.63) is 0 Å². The summed E-state index contributed by atoms with van der Waals surface area (Å²) in [6.45, 7) is 3.88. The summed E-state index contributed by atoms with van der Waals surface area (Å²) in [7, 11) is -1.79. The minimum absolute atomic E-state index is 0.132. The Morgan fingerprint density at radius 2 is 2.17 bits per heavy atom. The molecule has 1 aliphatic rings. The van der Waals surface area contributed by atoms with Crippen LogP contribution in [0.15, 0.2) is 0 Å². The van der Waals surface area contributed by atoms with E-state index in [1.54, 1.807) is 0 Å². The van der Waals surface area contributed by atoms with E-state index in [1.807, 2.05) is 6.92 Å². The molecule has 0 aliphatic carbocycles. The maximum absolute atomic E-state index is 11.4. The molecule has 72 valence electrons. The van der Waals surface area contributed by atoms with Gasteiger partial charge in [0.1, 0.15) is 0 Å². The van der Waals surface area contributed by atoms with Crippen molar-refractivity contribution in [1.82, 2.24) is 14.3 Å². The van der Waals surface area contributed by atoms with Crippen molar-refractivity contribution >= 4 is 10.2 Å². The van der Waals surface area contributed by atoms with Crippen LogP contribution in [0.4, 0.5) is 0 Å². The Labute approximate surface area is 73.3 Å². The zero-order valence-electron chi connectivity index (χ0n) is 7.37. The molecule has 0 bridgehead atoms. The molecule has 6 heteroatoms. The van der Waals surface area contributed by atoms with Gasteiger partial charge in [0, 0.05) is 26.7 Å². The van der Waals surface area contributed by atoms with E-state index in [0.717, 1.165) is 13.1 Å². The Morgan fingerprint density at radius 1 is 1.58 bits per heavy atom. The molecule has 12 heavy (non-hydrogen) atoms. The molecule has 1 saturated heterocycles. The molecular weight excluding hydrogens is 178 g/mol. The van der Waals surface area contributed by atoms with E-state index in [1.165, 1.54) is 11.4 Å². The largest absolute Gasteiger partial charge is 0.313 e. The highest BCUT2D eigenvalue weighted by Crippen LogP contribution is 2.08. The van der Waals surface area contributed by atoms with Crippen LogP contribution in [0.25, 0.3) is 0 Å². The summed E-state index contributed by atoms with van der Waals surface area (Å²) in [6.07, 6.45) is 0. The number of nitrogens with one attached hydrogen (secondary N) is 2. The average molecular weight is 193 g/mol. The van der Waals surface area contributed by atoms with Crippen LogP contribution in [0, 0.1) is 0 Å². The molecular formula is C6H15N3O2S. The van der Waals surface area contributed by atoms with E-state index in [9.17, 15) is 8.42 Å². The van der Waals surface area contributed by atoms with Crippen molar-refractivity contribution in [1.29, 1.82) is 0 Å². The second-order valence-electron chi connectivity index (χ2n) is 2.72. The van der Waals surface area contributed by atoms with Gasteiger partial charge in [0.15, 0.2) is 0 Å². The molecule has 1 heterocycles. The SMILES string of the molecule is CCN(C1CNC1)S(=O)(=O)NC. The van der Waals surface area contributed by atoms with Crippen LogP contribution >= 0.6 is 0 Å². The molecule has 0 aromatic heterocycles. The second-order valence-corrected chi connectivity index (χ2v) is 4.55. The van der Waals surface area contributed by atoms with Gasteiger partial charge in [0.05, 0.1) is 6.04 Å². The quantitative estimate of drug-likeness (QED) is 0.586. The molecule has 0 aromatic rings. The van der Waals surface area contributed by atoms with Crippen molar-refractivity contribution in [2.24, 2.45) is 0 Å². The van der Waals surface area contributed by atoms with Crippen LogP contribution < -0.4 is 10.0 Å². The van der Waals surface area contributed by atoms with Crippen molar-refractivity contribution in [3.63, 3.8) is 0 Å². The Kier molecular flexibility index (Phi) is 3.05. The zero-order chi connectivity index (χ0) is 9.19. The van der Waals surface area contributed by atoms with Gasteiger partial charge >= 0.3 is 0 Å². The smallest absolute Gasteiger partial charge is 0.279 e. The summed E-state index contributed by atoms with van der Waals surface area (Å²) < 4.78 is 26.5. The van der Waals surface area contributed by atoms with E-state index in [4.69, 9.17) is 0 Å². The summed E-state index contributed by atoms with van der Waals surface area (Å²) in [5.74, 6) is 0. The van der Waals surface area contributed by atoms with Crippen LogP contribution in [-0.4, -0.2) is 45.4 Å². The van der Waals surface area contributed by atoms with Gasteiger partial charge in [-0.05, 0) is 0 Å². The molecule has 0 aromatic carbocycles. The summed E-state index contributed by atoms with van der Waals surface area (Å²) in [5, 5.41) is 3.04. The molecule has 0 amide bonds. The molecule has 0 spiro atoms. The topological polar surface area (TPSA) is 61.4 Å². The maximum atomic E-state index is 11.4. The van der Waals surface area contributed by atoms with E-state index in [-0.39, 0.29) is 6.04 Å². The molecule has 1 aliphatic heterocycles. The molecule has 2 N–H and O–H groups in total. The molecule has 5 nitrogen and oxygen atoms in total. The van der Waals surface area contributed by atoms with Crippen LogP contribution in [0.3, 0.4) is 0 Å². The minimum Gasteiger partial charge on any atom is -0.313 e. The normalized spacial score (nSPS) is 19.6. The third-order valence-electron chi connectivity index (χ3n) is 2.05. The van der Waals surface area contributed by atoms with E-state index in [2.05, 4.69) is 10.0 Å². The molecule has 1 rings (SSSR count). The number of likely N-dealkylation sites (N-methyl/N-ethyl adjacent to an activating group) is 1. The fraction of sp³-hybridized carbons (Fsp3) is 1.00. The van der Waals surface area contributed by atoms with Crippen LogP contribution in [0.2, 0.25) is 0 Å². The molecule has 0 saturated carbocycles. The lowest BCUT2D eigenvalue weighted by Gasteiger charge is -2.36. The average Bonchev–Trinajstić information content (AvgIpc) is 1.96. The van der Waals surface area contributed by atoms with Crippen LogP contribution in [0.5, 0.6) is 0 Å². The zero-order valence-corrected chi connectivity index (χ0v) is 8.19. The minimum atomic E-state index is -3.23. The van der Waals surface area contributed by atoms with Crippen molar-refractivity contribution < 1.29 is 8.42 Å². The first kappa shape index (κ1) is 9.91. The first-order valence-corrected chi connectivity index (χ1v) is 5.47. The van der Waals surface area contributed by atoms with E-state index < -0.39 is 10.2 Å². The van der Waals surface area contributed by atoms with Gasteiger partial charge in [-0.1, -0.05) is 6.92 Å². The third kappa shape index (κ3) is 1.77. The van der Waals surface area contributed by atoms with Gasteiger partial charge < -0.3 is 5.32 Å². The predicted molar refractivity (Wildman–Crippen MR) is 47.0 cm³/mol. The molecule has 1 fully saturated rings. The van der Waals surface area contributed by atoms with Gasteiger partial charge in [0.2, 0.25) is 0 Å². The predicted octanol–water partition coefficient (Wildman–Crippen LogP) is -1.26. The summed E-state index contributed by atoms with van der Waals surface area (Å²) in [5.41, 5.74) is 0. The Bertz CT molecular complexity index is 235. The third-order valence-corrected chi connectivity index (χ3v) is 3.74. The highest BCUT2D eigenvalue weighted by molar-refractivity contribution is 7.87. The van der Waals surface area contributed by atoms with Gasteiger partial charge in [-0.15, -0.1) is 0 Å². The Morgan fingerprint density at radius 3 is 2.42 bits per heavy atom. The standard InChI is InChI=1S/C6H15N3O2S/c1-3-9(6-4-8-5-6)12(10,11)7-2/h6-8H,3-5H2,1-2H3. The first-order valence-electron chi connectivity index (χ1n) is 4.03. The molecule has 0 unspecified atom stereocenters. The maximum Gasteiger partial charge on any atom is 0.279 e. The van der Waals surface area contributed by atoms with Gasteiger partial charge in [-0.25, -0.2) is 4.72 Å². The van der Waals surface area contributed by atoms with E-state index in [0.29, 0.717) is 6.54 Å². The second kappa shape index (κ2) is 3.69. The van der Waals surface area contributed by atoms with Crippen LogP contribution in [-0.2, 0) is 10.2 Å². The number of hydrogen-bond donors (Lipinski definition) is 2. The first-order chi connectivity index (χ1) is 5.61. The molecule has 0 atom stereocenters. The fourth-order valence-corrected chi connectivity index (χ4v) is 2.33. The summed E-state index contributed by atoms with van der Waals surface area (Å²) in [4.78, 5) is 0. The summed E-state index contributed by atoms with van der Waals surface area (Å²) in [6, 6.07) is 0.132. The van der Waals surface area contributed by atoms with Crippen molar-refractivity contribution in [3.8, 4) is 0 Å². The fourth-order valence-electron chi connectivity index (χ4n) is 1.22. The van der Waals surface area contributed by atoms with Gasteiger partial charge in [-0.3, -0.25) is 0 Å². The van der Waals surface area contributed by atoms with Gasteiger partial charge in [0.25, 0.3) is 10.2 Å². The molecule has 0 radical (unpaired) electrons. The Balaban J connectivity index is 2.66. The lowest BCUT2D eigenvalue weighted by molar-refractivity contribution is 0.247. The summed E-state index contributed by atoms with van der Waals surface area (Å²) >= 11 is 0. The lowest BCUT2D eigenvalue weighted by atomic mass is 10.2. The number of nitrogens with zero attached hydrogens (tertiary/aromatic N) is 1. The van der Waals surface area contributed by atoms with Crippen molar-refractivity contribution in [2.45, 2.75) is 13.0 Å². The number of rotatable bonds is 4. The van der Waals surface area contributed by atoms with E-state index >= 15 is 0 Å². The highest BCUT2D eigenvalue weighted by atomic mass is 32.2. The monoisotopic (exact) mass is 193 g/mol. The van der Waals surface area contributed by atoms with Crippen molar-refractivity contribution in [2.75, 3.05) is 26.7 Å². The number of hydrogen-bond acceptors (Lipinski definition) is 3. The van der Waals surface area contributed by atoms with Gasteiger partial charge in [-0.2, -0.15) is 12.7 Å². The highest BCUT2D eigenvalue weighted by Gasteiger charge is 2.31. The Hall–Kier alpha value is -0.170. The van der Waals surface area contributed by atoms with Crippen LogP contribution in [0.1, 0.15) is 6.92 Å². The lowest BCUT2D eigenvalue weighted by Crippen LogP contribution is -2.60.